The van der Waals surface area contributed by atoms with Gasteiger partial charge in [0.05, 0.1) is 12.0 Å². The van der Waals surface area contributed by atoms with Gasteiger partial charge < -0.3 is 9.88 Å². The zero-order chi connectivity index (χ0) is 28.0. The van der Waals surface area contributed by atoms with Crippen LogP contribution in [0.3, 0.4) is 0 Å². The first-order valence-electron chi connectivity index (χ1n) is 12.4. The van der Waals surface area contributed by atoms with Crippen molar-refractivity contribution in [2.75, 3.05) is 5.32 Å². The van der Waals surface area contributed by atoms with Crippen molar-refractivity contribution in [1.82, 2.24) is 9.55 Å². The van der Waals surface area contributed by atoms with Crippen molar-refractivity contribution in [3.8, 4) is 0 Å². The molecule has 2 aromatic rings. The summed E-state index contributed by atoms with van der Waals surface area (Å²) in [5.74, 6) is -7.51. The van der Waals surface area contributed by atoms with Crippen LogP contribution in [-0.2, 0) is 11.3 Å². The van der Waals surface area contributed by atoms with E-state index in [0.717, 1.165) is 31.0 Å². The predicted molar refractivity (Wildman–Crippen MR) is 142 cm³/mol. The fraction of sp³-hybridized carbons (Fsp3) is 0.333. The summed E-state index contributed by atoms with van der Waals surface area (Å²) in [6.07, 6.45) is 18.6. The van der Waals surface area contributed by atoms with Crippen LogP contribution < -0.4 is 5.32 Å². The van der Waals surface area contributed by atoms with Crippen LogP contribution >= 0.6 is 0 Å². The van der Waals surface area contributed by atoms with E-state index in [4.69, 9.17) is 0 Å². The van der Waals surface area contributed by atoms with Gasteiger partial charge in [-0.05, 0) is 56.1 Å². The number of hydrogen-bond acceptors (Lipinski definition) is 2. The number of carbonyl (C=O) groups excluding carboxylic acids is 1. The second-order valence-electron chi connectivity index (χ2n) is 10.3. The van der Waals surface area contributed by atoms with Crippen molar-refractivity contribution in [1.29, 1.82) is 0 Å². The third-order valence-corrected chi connectivity index (χ3v) is 6.82. The SMILES string of the molecule is CC(C=CC1=C(C)C(Cn2ccnc2)CCC1(C)C)=CC=CC(C)=CC(=O)Nc1cc(F)c(F)c(F)c1F. The van der Waals surface area contributed by atoms with Gasteiger partial charge in [-0.2, -0.15) is 0 Å². The molecule has 0 spiro atoms. The summed E-state index contributed by atoms with van der Waals surface area (Å²) in [4.78, 5) is 16.3. The molecular formula is C30H33F4N3O. The molecule has 3 rings (SSSR count). The van der Waals surface area contributed by atoms with E-state index >= 15 is 0 Å². The Balaban J connectivity index is 1.66. The van der Waals surface area contributed by atoms with E-state index in [0.29, 0.717) is 17.6 Å². The molecule has 0 radical (unpaired) electrons. The van der Waals surface area contributed by atoms with Gasteiger partial charge in [0.25, 0.3) is 0 Å². The highest BCUT2D eigenvalue weighted by Crippen LogP contribution is 2.44. The average molecular weight is 528 g/mol. The summed E-state index contributed by atoms with van der Waals surface area (Å²) in [7, 11) is 0. The highest BCUT2D eigenvalue weighted by Gasteiger charge is 2.31. The Hall–Kier alpha value is -3.68. The number of anilines is 1. The minimum atomic E-state index is -1.98. The molecule has 1 aliphatic rings. The lowest BCUT2D eigenvalue weighted by atomic mass is 9.68. The summed E-state index contributed by atoms with van der Waals surface area (Å²) < 4.78 is 55.7. The maximum atomic E-state index is 13.8. The molecule has 38 heavy (non-hydrogen) atoms. The molecule has 1 aromatic carbocycles. The summed E-state index contributed by atoms with van der Waals surface area (Å²) >= 11 is 0. The lowest BCUT2D eigenvalue weighted by Gasteiger charge is -2.37. The molecule has 1 aromatic heterocycles. The molecule has 202 valence electrons. The molecule has 0 fully saturated rings. The van der Waals surface area contributed by atoms with Crippen molar-refractivity contribution in [2.24, 2.45) is 11.3 Å². The maximum absolute atomic E-state index is 13.8. The molecule has 1 N–H and O–H groups in total. The third kappa shape index (κ3) is 7.21. The van der Waals surface area contributed by atoms with Crippen LogP contribution in [0, 0.1) is 34.6 Å². The van der Waals surface area contributed by atoms with Crippen molar-refractivity contribution in [3.05, 3.63) is 107 Å². The van der Waals surface area contributed by atoms with Gasteiger partial charge in [-0.15, -0.1) is 0 Å². The fourth-order valence-electron chi connectivity index (χ4n) is 4.58. The van der Waals surface area contributed by atoms with E-state index in [9.17, 15) is 22.4 Å². The van der Waals surface area contributed by atoms with Crippen LogP contribution in [0.25, 0.3) is 0 Å². The average Bonchev–Trinajstić information content (AvgIpc) is 3.36. The molecule has 4 nitrogen and oxygen atoms in total. The van der Waals surface area contributed by atoms with Crippen LogP contribution in [0.5, 0.6) is 0 Å². The van der Waals surface area contributed by atoms with E-state index in [1.807, 2.05) is 30.8 Å². The van der Waals surface area contributed by atoms with Crippen LogP contribution in [0.2, 0.25) is 0 Å². The molecule has 1 aliphatic carbocycles. The predicted octanol–water partition coefficient (Wildman–Crippen LogP) is 7.84. The molecule has 1 amide bonds. The lowest BCUT2D eigenvalue weighted by molar-refractivity contribution is -0.112. The number of nitrogens with zero attached hydrogens (tertiary/aromatic N) is 2. The smallest absolute Gasteiger partial charge is 0.248 e. The number of nitrogens with one attached hydrogen (secondary N) is 1. The van der Waals surface area contributed by atoms with Gasteiger partial charge in [0.15, 0.2) is 23.3 Å². The summed E-state index contributed by atoms with van der Waals surface area (Å²) in [5, 5.41) is 2.03. The number of aromatic nitrogens is 2. The van der Waals surface area contributed by atoms with E-state index in [1.165, 1.54) is 11.1 Å². The van der Waals surface area contributed by atoms with Gasteiger partial charge in [0, 0.05) is 31.1 Å². The zero-order valence-electron chi connectivity index (χ0n) is 22.3. The highest BCUT2D eigenvalue weighted by atomic mass is 19.2. The van der Waals surface area contributed by atoms with Crippen molar-refractivity contribution < 1.29 is 22.4 Å². The topological polar surface area (TPSA) is 46.9 Å². The molecule has 0 saturated heterocycles. The zero-order valence-corrected chi connectivity index (χ0v) is 22.3. The second-order valence-corrected chi connectivity index (χ2v) is 10.3. The monoisotopic (exact) mass is 527 g/mol. The molecule has 0 bridgehead atoms. The second kappa shape index (κ2) is 12.2. The number of carbonyl (C=O) groups is 1. The molecule has 0 saturated carbocycles. The molecule has 1 unspecified atom stereocenters. The molecule has 1 atom stereocenters. The minimum absolute atomic E-state index is 0.0741. The minimum Gasteiger partial charge on any atom is -0.337 e. The number of halogens is 4. The van der Waals surface area contributed by atoms with Crippen molar-refractivity contribution in [3.63, 3.8) is 0 Å². The number of hydrogen-bond donors (Lipinski definition) is 1. The first-order chi connectivity index (χ1) is 17.9. The molecule has 1 heterocycles. The van der Waals surface area contributed by atoms with Gasteiger partial charge in [-0.1, -0.05) is 55.4 Å². The summed E-state index contributed by atoms with van der Waals surface area (Å²) in [5.41, 5.74) is 3.54. The van der Waals surface area contributed by atoms with Gasteiger partial charge in [-0.3, -0.25) is 4.79 Å². The Bertz CT molecular complexity index is 1330. The van der Waals surface area contributed by atoms with E-state index in [2.05, 4.69) is 42.5 Å². The number of imidazole rings is 1. The highest BCUT2D eigenvalue weighted by molar-refractivity contribution is 6.00. The lowest BCUT2D eigenvalue weighted by Crippen LogP contribution is -2.26. The van der Waals surface area contributed by atoms with Crippen LogP contribution in [0.15, 0.2) is 83.5 Å². The first kappa shape index (κ1) is 28.9. The normalized spacial score (nSPS) is 18.6. The maximum Gasteiger partial charge on any atom is 0.248 e. The first-order valence-corrected chi connectivity index (χ1v) is 12.4. The van der Waals surface area contributed by atoms with Crippen LogP contribution in [0.1, 0.15) is 47.5 Å². The van der Waals surface area contributed by atoms with Crippen LogP contribution in [-0.4, -0.2) is 15.5 Å². The largest absolute Gasteiger partial charge is 0.337 e. The van der Waals surface area contributed by atoms with Crippen molar-refractivity contribution >= 4 is 11.6 Å². The Morgan fingerprint density at radius 3 is 2.55 bits per heavy atom. The molecule has 0 aliphatic heterocycles. The van der Waals surface area contributed by atoms with Gasteiger partial charge in [0.2, 0.25) is 5.91 Å². The Kier molecular flexibility index (Phi) is 9.31. The van der Waals surface area contributed by atoms with E-state index < -0.39 is 34.9 Å². The van der Waals surface area contributed by atoms with Crippen molar-refractivity contribution in [2.45, 2.75) is 54.0 Å². The van der Waals surface area contributed by atoms with Gasteiger partial charge in [-0.25, -0.2) is 22.5 Å². The van der Waals surface area contributed by atoms with Gasteiger partial charge >= 0.3 is 0 Å². The number of benzene rings is 1. The number of allylic oxidation sites excluding steroid dienone is 9. The number of rotatable bonds is 8. The Morgan fingerprint density at radius 1 is 1.13 bits per heavy atom. The standard InChI is InChI=1S/C30H33F4N3O/c1-19(9-10-23-21(3)22(11-12-30(23,4)5)17-37-14-13-35-18-37)7-6-8-20(2)15-26(38)36-25-16-24(31)27(32)29(34)28(25)33/h6-10,13-16,18,22H,11-12,17H2,1-5H3,(H,36,38). The van der Waals surface area contributed by atoms with E-state index in [1.54, 1.807) is 25.3 Å². The summed E-state index contributed by atoms with van der Waals surface area (Å²) in [6, 6.07) is 0.397. The number of amides is 1. The molecular weight excluding hydrogens is 494 g/mol. The van der Waals surface area contributed by atoms with E-state index in [-0.39, 0.29) is 5.41 Å². The third-order valence-electron chi connectivity index (χ3n) is 6.82. The quantitative estimate of drug-likeness (QED) is 0.125. The molecule has 8 heteroatoms. The fourth-order valence-corrected chi connectivity index (χ4v) is 4.58. The van der Waals surface area contributed by atoms with Gasteiger partial charge in [0.1, 0.15) is 0 Å². The summed E-state index contributed by atoms with van der Waals surface area (Å²) in [6.45, 7) is 11.3. The van der Waals surface area contributed by atoms with Crippen LogP contribution in [0.4, 0.5) is 23.2 Å². The Morgan fingerprint density at radius 2 is 1.87 bits per heavy atom. The Labute approximate surface area is 221 Å².